The van der Waals surface area contributed by atoms with Gasteiger partial charge in [-0.05, 0) is 25.2 Å². The van der Waals surface area contributed by atoms with E-state index >= 15 is 0 Å². The van der Waals surface area contributed by atoms with Crippen LogP contribution in [0.2, 0.25) is 0 Å². The molecule has 0 N–H and O–H groups in total. The molecule has 1 unspecified atom stereocenters. The summed E-state index contributed by atoms with van der Waals surface area (Å²) in [6.45, 7) is 3.82. The van der Waals surface area contributed by atoms with Crippen LogP contribution in [0.4, 0.5) is 0 Å². The Morgan fingerprint density at radius 2 is 2.50 bits per heavy atom. The Bertz CT molecular complexity index is 82.0. The molecule has 0 heteroatoms. The fourth-order valence-corrected chi connectivity index (χ4v) is 1.20. The van der Waals surface area contributed by atoms with Crippen molar-refractivity contribution >= 4 is 0 Å². The lowest BCUT2D eigenvalue weighted by Gasteiger charge is -2.01. The van der Waals surface area contributed by atoms with Crippen molar-refractivity contribution in [3.8, 4) is 0 Å². The van der Waals surface area contributed by atoms with E-state index in [4.69, 9.17) is 0 Å². The van der Waals surface area contributed by atoms with E-state index < -0.39 is 0 Å². The first-order chi connectivity index (χ1) is 3.93. The minimum absolute atomic E-state index is 0.868. The lowest BCUT2D eigenvalue weighted by molar-refractivity contribution is 0.584. The maximum Gasteiger partial charge on any atom is -0.0231 e. The first-order valence-electron chi connectivity index (χ1n) is 3.39. The molecule has 45 valence electrons. The predicted molar refractivity (Wildman–Crippen MR) is 36.5 cm³/mol. The van der Waals surface area contributed by atoms with Crippen LogP contribution in [0.3, 0.4) is 0 Å². The van der Waals surface area contributed by atoms with Crippen LogP contribution in [-0.2, 0) is 0 Å². The Morgan fingerprint density at radius 1 is 1.62 bits per heavy atom. The molecular formula is C8H13. The van der Waals surface area contributed by atoms with Crippen molar-refractivity contribution in [3.63, 3.8) is 0 Å². The molecule has 0 aromatic carbocycles. The van der Waals surface area contributed by atoms with Crippen molar-refractivity contribution in [1.29, 1.82) is 0 Å². The van der Waals surface area contributed by atoms with Gasteiger partial charge in [0.05, 0.1) is 0 Å². The highest BCUT2D eigenvalue weighted by molar-refractivity contribution is 4.95. The van der Waals surface area contributed by atoms with Crippen LogP contribution in [0.5, 0.6) is 0 Å². The van der Waals surface area contributed by atoms with Crippen LogP contribution >= 0.6 is 0 Å². The van der Waals surface area contributed by atoms with Gasteiger partial charge in [0, 0.05) is 0 Å². The topological polar surface area (TPSA) is 0 Å². The predicted octanol–water partition coefficient (Wildman–Crippen LogP) is 2.57. The van der Waals surface area contributed by atoms with Gasteiger partial charge in [0.15, 0.2) is 0 Å². The smallest absolute Gasteiger partial charge is 0.0231 e. The molecule has 0 saturated heterocycles. The van der Waals surface area contributed by atoms with Gasteiger partial charge >= 0.3 is 0 Å². The second-order valence-corrected chi connectivity index (χ2v) is 2.41. The highest BCUT2D eigenvalue weighted by atomic mass is 14.1. The van der Waals surface area contributed by atoms with E-state index in [0.717, 1.165) is 12.3 Å². The molecule has 1 aliphatic carbocycles. The summed E-state index contributed by atoms with van der Waals surface area (Å²) in [5, 5.41) is 0. The minimum Gasteiger partial charge on any atom is -0.0882 e. The molecule has 0 heterocycles. The fourth-order valence-electron chi connectivity index (χ4n) is 1.20. The van der Waals surface area contributed by atoms with Crippen molar-refractivity contribution in [2.75, 3.05) is 0 Å². The Balaban J connectivity index is 2.16. The highest BCUT2D eigenvalue weighted by Gasteiger charge is 2.05. The molecule has 0 aliphatic heterocycles. The van der Waals surface area contributed by atoms with Crippen LogP contribution in [0, 0.1) is 12.8 Å². The third-order valence-electron chi connectivity index (χ3n) is 1.69. The van der Waals surface area contributed by atoms with Gasteiger partial charge in [-0.2, -0.15) is 0 Å². The first kappa shape index (κ1) is 5.87. The van der Waals surface area contributed by atoms with Crippen molar-refractivity contribution in [2.24, 2.45) is 5.92 Å². The molecule has 1 radical (unpaired) electrons. The van der Waals surface area contributed by atoms with Crippen LogP contribution in [0.25, 0.3) is 0 Å². The quantitative estimate of drug-likeness (QED) is 0.478. The first-order valence-corrected chi connectivity index (χ1v) is 3.39. The maximum absolute atomic E-state index is 3.82. The number of hydrogen-bond acceptors (Lipinski definition) is 0. The van der Waals surface area contributed by atoms with E-state index in [1.54, 1.807) is 0 Å². The summed E-state index contributed by atoms with van der Waals surface area (Å²) in [6, 6.07) is 0. The lowest BCUT2D eigenvalue weighted by atomic mass is 10.0. The van der Waals surface area contributed by atoms with Crippen LogP contribution < -0.4 is 0 Å². The minimum atomic E-state index is 0.868. The largest absolute Gasteiger partial charge is 0.0882 e. The summed E-state index contributed by atoms with van der Waals surface area (Å²) in [5.74, 6) is 0.868. The molecule has 1 aliphatic rings. The molecule has 1 atom stereocenters. The molecule has 0 saturated carbocycles. The molecule has 0 spiro atoms. The summed E-state index contributed by atoms with van der Waals surface area (Å²) >= 11 is 0. The van der Waals surface area contributed by atoms with Crippen LogP contribution in [0.15, 0.2) is 12.2 Å². The van der Waals surface area contributed by atoms with Gasteiger partial charge in [0.2, 0.25) is 0 Å². The SMILES string of the molecule is [CH2]CCC1C=CCC1. The summed E-state index contributed by atoms with van der Waals surface area (Å²) in [5.41, 5.74) is 0. The zero-order chi connectivity index (χ0) is 5.82. The zero-order valence-corrected chi connectivity index (χ0v) is 5.27. The van der Waals surface area contributed by atoms with E-state index in [1.165, 1.54) is 19.3 Å². The number of hydrogen-bond donors (Lipinski definition) is 0. The molecule has 0 aromatic rings. The zero-order valence-electron chi connectivity index (χ0n) is 5.27. The summed E-state index contributed by atoms with van der Waals surface area (Å²) < 4.78 is 0. The second kappa shape index (κ2) is 2.91. The van der Waals surface area contributed by atoms with E-state index in [2.05, 4.69) is 19.1 Å². The number of rotatable bonds is 2. The molecule has 0 aromatic heterocycles. The third-order valence-corrected chi connectivity index (χ3v) is 1.69. The van der Waals surface area contributed by atoms with Crippen molar-refractivity contribution in [3.05, 3.63) is 19.1 Å². The van der Waals surface area contributed by atoms with Crippen LogP contribution in [-0.4, -0.2) is 0 Å². The molecular weight excluding hydrogens is 96.1 g/mol. The van der Waals surface area contributed by atoms with Crippen LogP contribution in [0.1, 0.15) is 25.7 Å². The van der Waals surface area contributed by atoms with Gasteiger partial charge < -0.3 is 0 Å². The van der Waals surface area contributed by atoms with Gasteiger partial charge in [-0.15, -0.1) is 0 Å². The van der Waals surface area contributed by atoms with Crippen molar-refractivity contribution < 1.29 is 0 Å². The summed E-state index contributed by atoms with van der Waals surface area (Å²) in [7, 11) is 0. The molecule has 0 fully saturated rings. The Hall–Kier alpha value is -0.260. The van der Waals surface area contributed by atoms with Gasteiger partial charge in [-0.3, -0.25) is 0 Å². The normalized spacial score (nSPS) is 26.9. The van der Waals surface area contributed by atoms with Crippen molar-refractivity contribution in [2.45, 2.75) is 25.7 Å². The fraction of sp³-hybridized carbons (Fsp3) is 0.625. The summed E-state index contributed by atoms with van der Waals surface area (Å²) in [4.78, 5) is 0. The molecule has 0 amide bonds. The van der Waals surface area contributed by atoms with E-state index in [-0.39, 0.29) is 0 Å². The number of allylic oxidation sites excluding steroid dienone is 2. The highest BCUT2D eigenvalue weighted by Crippen LogP contribution is 2.20. The standard InChI is InChI=1S/C8H13/c1-2-5-8-6-3-4-7-8/h3,6,8H,1-2,4-5,7H2. The van der Waals surface area contributed by atoms with Gasteiger partial charge in [-0.25, -0.2) is 0 Å². The third kappa shape index (κ3) is 1.36. The van der Waals surface area contributed by atoms with Gasteiger partial charge in [0.25, 0.3) is 0 Å². The van der Waals surface area contributed by atoms with Gasteiger partial charge in [-0.1, -0.05) is 25.5 Å². The van der Waals surface area contributed by atoms with E-state index in [9.17, 15) is 0 Å². The maximum atomic E-state index is 3.82. The lowest BCUT2D eigenvalue weighted by Crippen LogP contribution is -1.88. The van der Waals surface area contributed by atoms with Crippen molar-refractivity contribution in [1.82, 2.24) is 0 Å². The Kier molecular flexibility index (Phi) is 2.13. The summed E-state index contributed by atoms with van der Waals surface area (Å²) in [6.07, 6.45) is 9.65. The second-order valence-electron chi connectivity index (χ2n) is 2.41. The molecule has 8 heavy (non-hydrogen) atoms. The van der Waals surface area contributed by atoms with E-state index in [0.29, 0.717) is 0 Å². The van der Waals surface area contributed by atoms with E-state index in [1.807, 2.05) is 0 Å². The molecule has 0 bridgehead atoms. The Morgan fingerprint density at radius 3 is 3.00 bits per heavy atom. The van der Waals surface area contributed by atoms with Gasteiger partial charge in [0.1, 0.15) is 0 Å². The molecule has 0 nitrogen and oxygen atoms in total. The average molecular weight is 109 g/mol. The average Bonchev–Trinajstić information content (AvgIpc) is 2.19. The Labute approximate surface area is 51.6 Å². The molecule has 1 rings (SSSR count). The monoisotopic (exact) mass is 109 g/mol.